The predicted octanol–water partition coefficient (Wildman–Crippen LogP) is 11.2. The van der Waals surface area contributed by atoms with E-state index in [1.165, 1.54) is 82.2 Å². The number of aromatic amines is 1. The van der Waals surface area contributed by atoms with Crippen LogP contribution in [0.25, 0.3) is 87.9 Å². The van der Waals surface area contributed by atoms with E-state index < -0.39 is 0 Å². The molecule has 0 unspecified atom stereocenters. The summed E-state index contributed by atoms with van der Waals surface area (Å²) >= 11 is 0. The molecule has 210 valence electrons. The van der Waals surface area contributed by atoms with Crippen molar-refractivity contribution in [2.45, 2.75) is 0 Å². The summed E-state index contributed by atoms with van der Waals surface area (Å²) in [5.41, 5.74) is 11.9. The molecule has 3 heterocycles. The van der Waals surface area contributed by atoms with Gasteiger partial charge in [0.25, 0.3) is 0 Å². The number of hydrogen-bond donors (Lipinski definition) is 1. The first-order chi connectivity index (χ1) is 22.3. The number of nitrogens with zero attached hydrogens (tertiary/aromatic N) is 2. The van der Waals surface area contributed by atoms with Crippen LogP contribution in [0.4, 0.5) is 0 Å². The third-order valence-corrected chi connectivity index (χ3v) is 9.44. The molecule has 45 heavy (non-hydrogen) atoms. The van der Waals surface area contributed by atoms with Crippen molar-refractivity contribution in [2.24, 2.45) is 0 Å². The Morgan fingerprint density at radius 1 is 0.311 bits per heavy atom. The van der Waals surface area contributed by atoms with Crippen LogP contribution in [0.5, 0.6) is 0 Å². The predicted molar refractivity (Wildman–Crippen MR) is 190 cm³/mol. The zero-order valence-corrected chi connectivity index (χ0v) is 24.4. The minimum atomic E-state index is 1.15. The van der Waals surface area contributed by atoms with E-state index in [9.17, 15) is 0 Å². The van der Waals surface area contributed by atoms with Gasteiger partial charge in [0.05, 0.1) is 22.1 Å². The molecule has 0 aliphatic carbocycles. The summed E-state index contributed by atoms with van der Waals surface area (Å²) in [6.07, 6.45) is 0. The van der Waals surface area contributed by atoms with Crippen LogP contribution in [0.1, 0.15) is 0 Å². The Morgan fingerprint density at radius 3 is 1.67 bits per heavy atom. The highest BCUT2D eigenvalue weighted by Gasteiger charge is 2.17. The molecule has 10 aromatic rings. The Kier molecular flexibility index (Phi) is 5.00. The van der Waals surface area contributed by atoms with Crippen LogP contribution in [0.2, 0.25) is 0 Å². The van der Waals surface area contributed by atoms with E-state index in [4.69, 9.17) is 0 Å². The van der Waals surface area contributed by atoms with E-state index in [0.717, 1.165) is 5.69 Å². The molecule has 3 heteroatoms. The molecule has 0 saturated heterocycles. The molecule has 0 saturated carbocycles. The summed E-state index contributed by atoms with van der Waals surface area (Å²) in [5.74, 6) is 0. The largest absolute Gasteiger partial charge is 0.355 e. The highest BCUT2D eigenvalue weighted by Crippen LogP contribution is 2.38. The maximum atomic E-state index is 3.56. The summed E-state index contributed by atoms with van der Waals surface area (Å²) in [7, 11) is 0. The maximum Gasteiger partial charge on any atom is 0.0561 e. The molecule has 0 bridgehead atoms. The topological polar surface area (TPSA) is 25.6 Å². The molecule has 0 fully saturated rings. The molecule has 0 amide bonds. The van der Waals surface area contributed by atoms with E-state index in [1.807, 2.05) is 0 Å². The summed E-state index contributed by atoms with van der Waals surface area (Å²) in [5, 5.41) is 7.55. The Morgan fingerprint density at radius 2 is 0.867 bits per heavy atom. The normalized spacial score (nSPS) is 12.0. The lowest BCUT2D eigenvalue weighted by molar-refractivity contribution is 1.15. The molecule has 0 atom stereocenters. The first kappa shape index (κ1) is 24.4. The van der Waals surface area contributed by atoms with Crippen molar-refractivity contribution in [1.29, 1.82) is 0 Å². The molecule has 7 aromatic carbocycles. The number of hydrogen-bond acceptors (Lipinski definition) is 0. The highest BCUT2D eigenvalue weighted by molar-refractivity contribution is 6.13. The van der Waals surface area contributed by atoms with Crippen LogP contribution in [-0.4, -0.2) is 14.1 Å². The maximum absolute atomic E-state index is 3.56. The molecule has 0 spiro atoms. The standard InChI is InChI=1S/C42H27N3/c1-2-10-29(11-3-1)44-39-16-8-5-13-32(39)34-21-20-30(26-42(34)44)45-40-17-9-6-14-33(40)36-25-28(19-23-41(36)45)27-18-22-38-35(24-27)31-12-4-7-15-37(31)43-38/h1-26,43H. The molecular formula is C42H27N3. The van der Waals surface area contributed by atoms with Gasteiger partial charge in [0.2, 0.25) is 0 Å². The number of aromatic nitrogens is 3. The molecule has 3 nitrogen and oxygen atoms in total. The minimum absolute atomic E-state index is 1.15. The Balaban J connectivity index is 1.20. The van der Waals surface area contributed by atoms with Crippen molar-refractivity contribution in [3.63, 3.8) is 0 Å². The Hall–Kier alpha value is -6.06. The lowest BCUT2D eigenvalue weighted by Gasteiger charge is -2.11. The zero-order valence-electron chi connectivity index (χ0n) is 24.4. The summed E-state index contributed by atoms with van der Waals surface area (Å²) in [6.45, 7) is 0. The summed E-state index contributed by atoms with van der Waals surface area (Å²) < 4.78 is 4.81. The van der Waals surface area contributed by atoms with Crippen molar-refractivity contribution in [3.8, 4) is 22.5 Å². The number of H-pyrrole nitrogens is 1. The van der Waals surface area contributed by atoms with Gasteiger partial charge in [0, 0.05) is 54.7 Å². The van der Waals surface area contributed by atoms with Gasteiger partial charge in [-0.3, -0.25) is 0 Å². The SMILES string of the molecule is c1ccc(-n2c3ccccc3c3ccc(-n4c5ccccc5c5cc(-c6ccc7[nH]c8ccccc8c7c6)ccc54)cc32)cc1. The van der Waals surface area contributed by atoms with E-state index in [1.54, 1.807) is 0 Å². The van der Waals surface area contributed by atoms with Gasteiger partial charge >= 0.3 is 0 Å². The smallest absolute Gasteiger partial charge is 0.0561 e. The Bertz CT molecular complexity index is 2760. The number of nitrogens with one attached hydrogen (secondary N) is 1. The van der Waals surface area contributed by atoms with Crippen molar-refractivity contribution < 1.29 is 0 Å². The van der Waals surface area contributed by atoms with E-state index in [2.05, 4.69) is 172 Å². The van der Waals surface area contributed by atoms with Gasteiger partial charge < -0.3 is 14.1 Å². The molecule has 0 aliphatic heterocycles. The van der Waals surface area contributed by atoms with E-state index >= 15 is 0 Å². The molecule has 3 aromatic heterocycles. The second kappa shape index (κ2) is 9.22. The minimum Gasteiger partial charge on any atom is -0.355 e. The zero-order chi connectivity index (χ0) is 29.5. The molecular weight excluding hydrogens is 546 g/mol. The number of fused-ring (bicyclic) bond motifs is 9. The Labute approximate surface area is 259 Å². The summed E-state index contributed by atoms with van der Waals surface area (Å²) in [6, 6.07) is 57.3. The van der Waals surface area contributed by atoms with Crippen molar-refractivity contribution in [3.05, 3.63) is 158 Å². The lowest BCUT2D eigenvalue weighted by atomic mass is 10.0. The first-order valence-corrected chi connectivity index (χ1v) is 15.4. The van der Waals surface area contributed by atoms with E-state index in [-0.39, 0.29) is 0 Å². The van der Waals surface area contributed by atoms with Crippen LogP contribution < -0.4 is 0 Å². The average Bonchev–Trinajstić information content (AvgIpc) is 3.75. The van der Waals surface area contributed by atoms with Crippen LogP contribution >= 0.6 is 0 Å². The van der Waals surface area contributed by atoms with Gasteiger partial charge in [-0.2, -0.15) is 0 Å². The monoisotopic (exact) mass is 573 g/mol. The molecule has 1 N–H and O–H groups in total. The second-order valence-corrected chi connectivity index (χ2v) is 11.9. The fraction of sp³-hybridized carbons (Fsp3) is 0. The lowest BCUT2D eigenvalue weighted by Crippen LogP contribution is -1.96. The van der Waals surface area contributed by atoms with Crippen molar-refractivity contribution in [2.75, 3.05) is 0 Å². The van der Waals surface area contributed by atoms with Gasteiger partial charge in [-0.05, 0) is 77.9 Å². The van der Waals surface area contributed by atoms with Gasteiger partial charge in [-0.25, -0.2) is 0 Å². The van der Waals surface area contributed by atoms with Crippen molar-refractivity contribution in [1.82, 2.24) is 14.1 Å². The van der Waals surface area contributed by atoms with Crippen LogP contribution in [0, 0.1) is 0 Å². The molecule has 10 rings (SSSR count). The summed E-state index contributed by atoms with van der Waals surface area (Å²) in [4.78, 5) is 3.56. The van der Waals surface area contributed by atoms with Gasteiger partial charge in [-0.15, -0.1) is 0 Å². The average molecular weight is 574 g/mol. The fourth-order valence-electron chi connectivity index (χ4n) is 7.41. The first-order valence-electron chi connectivity index (χ1n) is 15.4. The molecule has 0 aliphatic rings. The third-order valence-electron chi connectivity index (χ3n) is 9.44. The number of para-hydroxylation sites is 4. The second-order valence-electron chi connectivity index (χ2n) is 11.9. The number of rotatable bonds is 3. The highest BCUT2D eigenvalue weighted by atomic mass is 15.0. The third kappa shape index (κ3) is 3.52. The van der Waals surface area contributed by atoms with Gasteiger partial charge in [0.15, 0.2) is 0 Å². The van der Waals surface area contributed by atoms with Crippen LogP contribution in [0.15, 0.2) is 158 Å². The fourth-order valence-corrected chi connectivity index (χ4v) is 7.41. The quantitative estimate of drug-likeness (QED) is 0.218. The van der Waals surface area contributed by atoms with Crippen molar-refractivity contribution >= 4 is 65.4 Å². The molecule has 0 radical (unpaired) electrons. The van der Waals surface area contributed by atoms with Gasteiger partial charge in [-0.1, -0.05) is 91.0 Å². The van der Waals surface area contributed by atoms with Crippen LogP contribution in [0.3, 0.4) is 0 Å². The van der Waals surface area contributed by atoms with Gasteiger partial charge in [0.1, 0.15) is 0 Å². The number of benzene rings is 7. The van der Waals surface area contributed by atoms with Crippen LogP contribution in [-0.2, 0) is 0 Å². The van der Waals surface area contributed by atoms with E-state index in [0.29, 0.717) is 0 Å².